The summed E-state index contributed by atoms with van der Waals surface area (Å²) in [6.45, 7) is 3.10. The molecular formula is C10H14BrClN2. The molecule has 2 heterocycles. The van der Waals surface area contributed by atoms with Crippen LogP contribution in [0.25, 0.3) is 0 Å². The molecule has 78 valence electrons. The molecule has 4 heteroatoms. The van der Waals surface area contributed by atoms with Crippen molar-refractivity contribution in [1.82, 2.24) is 5.32 Å². The molecule has 2 aliphatic heterocycles. The molecule has 2 nitrogen and oxygen atoms in total. The minimum absolute atomic E-state index is 0. The van der Waals surface area contributed by atoms with E-state index in [9.17, 15) is 0 Å². The van der Waals surface area contributed by atoms with Crippen LogP contribution in [0, 0.1) is 16.7 Å². The van der Waals surface area contributed by atoms with Crippen molar-refractivity contribution in [3.8, 4) is 6.07 Å². The van der Waals surface area contributed by atoms with Gasteiger partial charge < -0.3 is 5.32 Å². The van der Waals surface area contributed by atoms with E-state index in [2.05, 4.69) is 24.4 Å². The van der Waals surface area contributed by atoms with Crippen molar-refractivity contribution < 1.29 is 0 Å². The van der Waals surface area contributed by atoms with Gasteiger partial charge in [0.05, 0.1) is 12.1 Å². The second-order valence-electron chi connectivity index (χ2n) is 4.08. The summed E-state index contributed by atoms with van der Waals surface area (Å²) in [5, 5.41) is 12.3. The number of fused-ring (bicyclic) bond motifs is 2. The molecule has 0 aromatic carbocycles. The van der Waals surface area contributed by atoms with Gasteiger partial charge in [-0.2, -0.15) is 5.26 Å². The fourth-order valence-electron chi connectivity index (χ4n) is 2.28. The number of nitrogens with one attached hydrogen (secondary N) is 1. The average Bonchev–Trinajstić information content (AvgIpc) is 2.19. The molecule has 0 aromatic rings. The van der Waals surface area contributed by atoms with E-state index in [1.165, 1.54) is 0 Å². The van der Waals surface area contributed by atoms with Crippen LogP contribution in [0.5, 0.6) is 0 Å². The first-order valence-corrected chi connectivity index (χ1v) is 5.05. The average molecular weight is 278 g/mol. The number of rotatable bonds is 1. The van der Waals surface area contributed by atoms with E-state index >= 15 is 0 Å². The molecule has 3 rings (SSSR count). The number of piperidine rings is 1. The van der Waals surface area contributed by atoms with Gasteiger partial charge in [0.2, 0.25) is 0 Å². The Kier molecular flexibility index (Phi) is 3.30. The van der Waals surface area contributed by atoms with Crippen molar-refractivity contribution in [2.45, 2.75) is 30.7 Å². The highest BCUT2D eigenvalue weighted by atomic mass is 79.9. The lowest BCUT2D eigenvalue weighted by molar-refractivity contribution is 0.200. The molecule has 3 unspecified atom stereocenters. The van der Waals surface area contributed by atoms with Crippen LogP contribution in [0.2, 0.25) is 0 Å². The number of halogens is 2. The fourth-order valence-corrected chi connectivity index (χ4v) is 2.69. The van der Waals surface area contributed by atoms with Gasteiger partial charge in [-0.15, -0.1) is 28.6 Å². The lowest BCUT2D eigenvalue weighted by Crippen LogP contribution is -2.59. The lowest BCUT2D eigenvalue weighted by Gasteiger charge is -2.48. The fraction of sp³-hybridized carbons (Fsp3) is 0.700. The molecule has 1 saturated heterocycles. The van der Waals surface area contributed by atoms with Gasteiger partial charge in [0.15, 0.2) is 4.87 Å². The third-order valence-corrected chi connectivity index (χ3v) is 3.76. The van der Waals surface area contributed by atoms with Crippen molar-refractivity contribution >= 4 is 28.6 Å². The first-order valence-electron chi connectivity index (χ1n) is 4.67. The summed E-state index contributed by atoms with van der Waals surface area (Å²) in [7, 11) is 0. The molecule has 1 N–H and O–H groups in total. The highest BCUT2D eigenvalue weighted by Gasteiger charge is 2.50. The number of alkyl halides is 1. The quantitative estimate of drug-likeness (QED) is 0.590. The third kappa shape index (κ3) is 1.60. The summed E-state index contributed by atoms with van der Waals surface area (Å²) in [6, 6.07) is 2.26. The molecule has 3 atom stereocenters. The molecule has 1 fully saturated rings. The van der Waals surface area contributed by atoms with Crippen LogP contribution in [0.15, 0.2) is 12.2 Å². The smallest absolute Gasteiger partial charge is 0.150 e. The minimum atomic E-state index is -0.719. The van der Waals surface area contributed by atoms with E-state index < -0.39 is 4.87 Å². The standard InChI is InChI=1S/C10H13ClN2.BrH/c1-2-9-4-3-8(13-7-9)10(11,5-9)6-12;/h3-4,8,13H,2,5,7H2,1H3;1H. The van der Waals surface area contributed by atoms with Crippen molar-refractivity contribution in [2.75, 3.05) is 6.54 Å². The summed E-state index contributed by atoms with van der Waals surface area (Å²) in [5.74, 6) is 0. The molecule has 0 saturated carbocycles. The van der Waals surface area contributed by atoms with Crippen LogP contribution in [-0.4, -0.2) is 17.5 Å². The predicted octanol–water partition coefficient (Wildman–Crippen LogP) is 2.39. The van der Waals surface area contributed by atoms with Crippen LogP contribution in [-0.2, 0) is 0 Å². The van der Waals surface area contributed by atoms with E-state index in [0.29, 0.717) is 0 Å². The molecule has 2 bridgehead atoms. The first kappa shape index (κ1) is 12.0. The Morgan fingerprint density at radius 2 is 2.43 bits per heavy atom. The Bertz CT molecular complexity index is 299. The van der Waals surface area contributed by atoms with E-state index in [0.717, 1.165) is 19.4 Å². The molecule has 3 aliphatic rings. The Labute approximate surface area is 100 Å². The summed E-state index contributed by atoms with van der Waals surface area (Å²) in [5.41, 5.74) is 0.117. The highest BCUT2D eigenvalue weighted by molar-refractivity contribution is 8.93. The normalized spacial score (nSPS) is 44.2. The van der Waals surface area contributed by atoms with Gasteiger partial charge in [-0.05, 0) is 12.8 Å². The van der Waals surface area contributed by atoms with Gasteiger partial charge in [-0.25, -0.2) is 0 Å². The van der Waals surface area contributed by atoms with E-state index in [4.69, 9.17) is 16.9 Å². The summed E-state index contributed by atoms with van der Waals surface area (Å²) < 4.78 is 0. The molecule has 0 amide bonds. The van der Waals surface area contributed by atoms with Gasteiger partial charge in [0, 0.05) is 12.0 Å². The third-order valence-electron chi connectivity index (χ3n) is 3.31. The van der Waals surface area contributed by atoms with Crippen molar-refractivity contribution in [1.29, 1.82) is 5.26 Å². The summed E-state index contributed by atoms with van der Waals surface area (Å²) in [6.07, 6.45) is 6.10. The van der Waals surface area contributed by atoms with Gasteiger partial charge >= 0.3 is 0 Å². The Morgan fingerprint density at radius 1 is 1.71 bits per heavy atom. The largest absolute Gasteiger partial charge is 0.307 e. The zero-order chi connectivity index (χ0) is 9.53. The van der Waals surface area contributed by atoms with Gasteiger partial charge in [0.25, 0.3) is 0 Å². The summed E-state index contributed by atoms with van der Waals surface area (Å²) >= 11 is 6.25. The van der Waals surface area contributed by atoms with E-state index in [-0.39, 0.29) is 28.4 Å². The number of hydrogen-bond acceptors (Lipinski definition) is 2. The van der Waals surface area contributed by atoms with Gasteiger partial charge in [-0.1, -0.05) is 19.1 Å². The molecule has 0 aromatic heterocycles. The van der Waals surface area contributed by atoms with Crippen LogP contribution in [0.3, 0.4) is 0 Å². The van der Waals surface area contributed by atoms with Crippen molar-refractivity contribution in [2.24, 2.45) is 5.41 Å². The molecular weight excluding hydrogens is 263 g/mol. The van der Waals surface area contributed by atoms with Crippen LogP contribution in [0.4, 0.5) is 0 Å². The molecule has 14 heavy (non-hydrogen) atoms. The Hall–Kier alpha value is -0.0400. The van der Waals surface area contributed by atoms with Crippen molar-refractivity contribution in [3.63, 3.8) is 0 Å². The number of hydrogen-bond donors (Lipinski definition) is 1. The lowest BCUT2D eigenvalue weighted by atomic mass is 9.67. The van der Waals surface area contributed by atoms with Crippen molar-refractivity contribution in [3.05, 3.63) is 12.2 Å². The minimum Gasteiger partial charge on any atom is -0.307 e. The molecule has 0 radical (unpaired) electrons. The van der Waals surface area contributed by atoms with Gasteiger partial charge in [0.1, 0.15) is 0 Å². The zero-order valence-electron chi connectivity index (χ0n) is 8.09. The second kappa shape index (κ2) is 3.84. The maximum Gasteiger partial charge on any atom is 0.150 e. The van der Waals surface area contributed by atoms with Crippen LogP contribution < -0.4 is 5.32 Å². The highest BCUT2D eigenvalue weighted by Crippen LogP contribution is 2.46. The van der Waals surface area contributed by atoms with E-state index in [1.54, 1.807) is 0 Å². The molecule has 0 spiro atoms. The topological polar surface area (TPSA) is 35.8 Å². The first-order chi connectivity index (χ1) is 6.14. The maximum atomic E-state index is 9.03. The van der Waals surface area contributed by atoms with E-state index in [1.807, 2.05) is 6.08 Å². The number of nitriles is 1. The summed E-state index contributed by atoms with van der Waals surface area (Å²) in [4.78, 5) is -0.719. The monoisotopic (exact) mass is 276 g/mol. The second-order valence-corrected chi connectivity index (χ2v) is 4.76. The zero-order valence-corrected chi connectivity index (χ0v) is 10.6. The van der Waals surface area contributed by atoms with Gasteiger partial charge in [-0.3, -0.25) is 0 Å². The maximum absolute atomic E-state index is 9.03. The van der Waals surface area contributed by atoms with Crippen LogP contribution in [0.1, 0.15) is 19.8 Å². The predicted molar refractivity (Wildman–Crippen MR) is 62.8 cm³/mol. The SMILES string of the molecule is Br.CCC12C=CC(NC1)C(Cl)(C#N)C2. The Balaban J connectivity index is 0.000000980. The number of nitrogens with zero attached hydrogens (tertiary/aromatic N) is 1. The molecule has 1 aliphatic carbocycles. The Morgan fingerprint density at radius 3 is 2.86 bits per heavy atom. The van der Waals surface area contributed by atoms with Crippen LogP contribution >= 0.6 is 28.6 Å².